The molecule has 0 amide bonds. The highest BCUT2D eigenvalue weighted by Gasteiger charge is 2.25. The van der Waals surface area contributed by atoms with Gasteiger partial charge in [-0.1, -0.05) is 36.4 Å². The van der Waals surface area contributed by atoms with E-state index in [9.17, 15) is 13.2 Å². The van der Waals surface area contributed by atoms with Crippen molar-refractivity contribution in [3.8, 4) is 11.4 Å². The maximum Gasteiger partial charge on any atom is 0.268 e. The fourth-order valence-electron chi connectivity index (χ4n) is 4.88. The predicted octanol–water partition coefficient (Wildman–Crippen LogP) is 3.77. The molecular formula is C28H25N5O3S. The minimum atomic E-state index is -3.75. The van der Waals surface area contributed by atoms with E-state index in [0.717, 1.165) is 22.2 Å². The first kappa shape index (κ1) is 23.2. The third-order valence-electron chi connectivity index (χ3n) is 6.79. The second kappa shape index (κ2) is 9.02. The quantitative estimate of drug-likeness (QED) is 0.347. The van der Waals surface area contributed by atoms with Gasteiger partial charge in [-0.05, 0) is 48.0 Å². The minimum absolute atomic E-state index is 0.157. The number of rotatable bonds is 5. The SMILES string of the molecule is Nc1ccc(-c2nc3c(c(=O)[nH]2)CN(Cc2cn(S(=O)(=O)c4ccccc4)c4ccccc24)CC3)cc1. The Morgan fingerprint density at radius 3 is 2.46 bits per heavy atom. The van der Waals surface area contributed by atoms with Gasteiger partial charge in [0.05, 0.1) is 21.7 Å². The number of nitrogens with zero attached hydrogens (tertiary/aromatic N) is 3. The summed E-state index contributed by atoms with van der Waals surface area (Å²) in [6, 6.07) is 23.2. The van der Waals surface area contributed by atoms with Gasteiger partial charge in [0.15, 0.2) is 0 Å². The first-order valence-corrected chi connectivity index (χ1v) is 13.4. The number of nitrogen functional groups attached to an aromatic ring is 1. The highest BCUT2D eigenvalue weighted by Crippen LogP contribution is 2.28. The van der Waals surface area contributed by atoms with E-state index >= 15 is 0 Å². The normalized spacial score (nSPS) is 14.1. The standard InChI is InChI=1S/C28H25N5O3S/c29-21-12-10-19(11-13-21)27-30-25-14-15-32(18-24(25)28(34)31-27)16-20-17-33(26-9-5-4-8-23(20)26)37(35,36)22-6-2-1-3-7-22/h1-13,17H,14-16,18,29H2,(H,30,31,34). The van der Waals surface area contributed by atoms with E-state index in [1.54, 1.807) is 48.7 Å². The number of hydrogen-bond donors (Lipinski definition) is 2. The van der Waals surface area contributed by atoms with Crippen LogP contribution in [0.25, 0.3) is 22.3 Å². The molecule has 9 heteroatoms. The lowest BCUT2D eigenvalue weighted by molar-refractivity contribution is 0.242. The number of anilines is 1. The van der Waals surface area contributed by atoms with E-state index in [1.807, 2.05) is 36.4 Å². The van der Waals surface area contributed by atoms with Crippen LogP contribution in [-0.4, -0.2) is 33.8 Å². The summed E-state index contributed by atoms with van der Waals surface area (Å²) in [4.78, 5) is 23.0. The van der Waals surface area contributed by atoms with Crippen molar-refractivity contribution in [2.75, 3.05) is 12.3 Å². The summed E-state index contributed by atoms with van der Waals surface area (Å²) in [5.41, 5.74) is 10.0. The number of hydrogen-bond acceptors (Lipinski definition) is 6. The number of nitrogens with two attached hydrogens (primary N) is 1. The molecule has 186 valence electrons. The van der Waals surface area contributed by atoms with Crippen molar-refractivity contribution in [3.63, 3.8) is 0 Å². The van der Waals surface area contributed by atoms with Gasteiger partial charge in [0, 0.05) is 48.9 Å². The molecular weight excluding hydrogens is 486 g/mol. The molecule has 8 nitrogen and oxygen atoms in total. The Balaban J connectivity index is 1.31. The number of aromatic amines is 1. The molecule has 0 saturated heterocycles. The van der Waals surface area contributed by atoms with Gasteiger partial charge in [-0.15, -0.1) is 0 Å². The van der Waals surface area contributed by atoms with Crippen molar-refractivity contribution in [3.05, 3.63) is 112 Å². The third-order valence-corrected chi connectivity index (χ3v) is 8.47. The van der Waals surface area contributed by atoms with Gasteiger partial charge in [0.2, 0.25) is 0 Å². The molecule has 3 N–H and O–H groups in total. The average Bonchev–Trinajstić information content (AvgIpc) is 3.29. The average molecular weight is 512 g/mol. The molecule has 3 aromatic carbocycles. The Morgan fingerprint density at radius 1 is 0.946 bits per heavy atom. The number of nitrogens with one attached hydrogen (secondary N) is 1. The van der Waals surface area contributed by atoms with E-state index in [1.165, 1.54) is 3.97 Å². The number of fused-ring (bicyclic) bond motifs is 2. The first-order valence-electron chi connectivity index (χ1n) is 12.0. The van der Waals surface area contributed by atoms with Gasteiger partial charge < -0.3 is 10.7 Å². The molecule has 3 heterocycles. The van der Waals surface area contributed by atoms with Crippen LogP contribution in [0.4, 0.5) is 5.69 Å². The summed E-state index contributed by atoms with van der Waals surface area (Å²) in [7, 11) is -3.75. The van der Waals surface area contributed by atoms with Gasteiger partial charge in [-0.2, -0.15) is 0 Å². The molecule has 0 aliphatic carbocycles. The maximum absolute atomic E-state index is 13.4. The Hall–Kier alpha value is -4.21. The molecule has 37 heavy (non-hydrogen) atoms. The van der Waals surface area contributed by atoms with Crippen LogP contribution < -0.4 is 11.3 Å². The van der Waals surface area contributed by atoms with Crippen LogP contribution in [0.15, 0.2) is 94.7 Å². The van der Waals surface area contributed by atoms with Crippen molar-refractivity contribution in [2.45, 2.75) is 24.4 Å². The molecule has 0 spiro atoms. The zero-order valence-corrected chi connectivity index (χ0v) is 20.8. The molecule has 0 saturated carbocycles. The van der Waals surface area contributed by atoms with Crippen LogP contribution in [0.1, 0.15) is 16.8 Å². The zero-order chi connectivity index (χ0) is 25.6. The molecule has 0 radical (unpaired) electrons. The summed E-state index contributed by atoms with van der Waals surface area (Å²) in [5.74, 6) is 0.534. The number of H-pyrrole nitrogens is 1. The lowest BCUT2D eigenvalue weighted by Gasteiger charge is -2.27. The van der Waals surface area contributed by atoms with Gasteiger partial charge in [-0.25, -0.2) is 17.4 Å². The van der Waals surface area contributed by atoms with Crippen LogP contribution in [0.3, 0.4) is 0 Å². The molecule has 1 aliphatic heterocycles. The van der Waals surface area contributed by atoms with Crippen molar-refractivity contribution in [2.24, 2.45) is 0 Å². The summed E-state index contributed by atoms with van der Waals surface area (Å²) >= 11 is 0. The van der Waals surface area contributed by atoms with Crippen molar-refractivity contribution in [1.82, 2.24) is 18.8 Å². The summed E-state index contributed by atoms with van der Waals surface area (Å²) in [5, 5.41) is 0.874. The zero-order valence-electron chi connectivity index (χ0n) is 20.0. The number of para-hydroxylation sites is 1. The molecule has 0 bridgehead atoms. The van der Waals surface area contributed by atoms with Crippen molar-refractivity contribution < 1.29 is 8.42 Å². The molecule has 1 aliphatic rings. The lowest BCUT2D eigenvalue weighted by atomic mass is 10.0. The van der Waals surface area contributed by atoms with E-state index < -0.39 is 10.0 Å². The summed E-state index contributed by atoms with van der Waals surface area (Å²) < 4.78 is 28.2. The molecule has 2 aromatic heterocycles. The fraction of sp³-hybridized carbons (Fsp3) is 0.143. The maximum atomic E-state index is 13.4. The van der Waals surface area contributed by atoms with Gasteiger partial charge in [-0.3, -0.25) is 9.69 Å². The van der Waals surface area contributed by atoms with Crippen LogP contribution in [-0.2, 0) is 29.5 Å². The molecule has 0 atom stereocenters. The molecule has 5 aromatic rings. The highest BCUT2D eigenvalue weighted by atomic mass is 32.2. The summed E-state index contributed by atoms with van der Waals surface area (Å²) in [6.07, 6.45) is 2.33. The number of benzene rings is 3. The second-order valence-corrected chi connectivity index (χ2v) is 11.0. The van der Waals surface area contributed by atoms with E-state index in [2.05, 4.69) is 9.88 Å². The monoisotopic (exact) mass is 511 g/mol. The predicted molar refractivity (Wildman–Crippen MR) is 143 cm³/mol. The van der Waals surface area contributed by atoms with E-state index in [0.29, 0.717) is 48.6 Å². The number of aromatic nitrogens is 3. The summed E-state index contributed by atoms with van der Waals surface area (Å²) in [6.45, 7) is 1.65. The van der Waals surface area contributed by atoms with Gasteiger partial charge in [0.25, 0.3) is 15.6 Å². The Kier molecular flexibility index (Phi) is 5.66. The lowest BCUT2D eigenvalue weighted by Crippen LogP contribution is -2.35. The third kappa shape index (κ3) is 4.22. The minimum Gasteiger partial charge on any atom is -0.399 e. The van der Waals surface area contributed by atoms with Crippen LogP contribution in [0.2, 0.25) is 0 Å². The molecule has 0 fully saturated rings. The van der Waals surface area contributed by atoms with Crippen LogP contribution in [0, 0.1) is 0 Å². The Bertz CT molecular complexity index is 1770. The smallest absolute Gasteiger partial charge is 0.268 e. The first-order chi connectivity index (χ1) is 17.9. The van der Waals surface area contributed by atoms with E-state index in [-0.39, 0.29) is 10.5 Å². The molecule has 0 unspecified atom stereocenters. The topological polar surface area (TPSA) is 114 Å². The van der Waals surface area contributed by atoms with Crippen LogP contribution >= 0.6 is 0 Å². The largest absolute Gasteiger partial charge is 0.399 e. The van der Waals surface area contributed by atoms with Crippen molar-refractivity contribution >= 4 is 26.6 Å². The van der Waals surface area contributed by atoms with Gasteiger partial charge >= 0.3 is 0 Å². The van der Waals surface area contributed by atoms with Crippen molar-refractivity contribution in [1.29, 1.82) is 0 Å². The Morgan fingerprint density at radius 2 is 1.68 bits per heavy atom. The van der Waals surface area contributed by atoms with Crippen LogP contribution in [0.5, 0.6) is 0 Å². The molecule has 6 rings (SSSR count). The van der Waals surface area contributed by atoms with Gasteiger partial charge in [0.1, 0.15) is 5.82 Å². The Labute approximate surface area is 214 Å². The highest BCUT2D eigenvalue weighted by molar-refractivity contribution is 7.90. The second-order valence-electron chi connectivity index (χ2n) is 9.21. The van der Waals surface area contributed by atoms with E-state index in [4.69, 9.17) is 10.7 Å². The fourth-order valence-corrected chi connectivity index (χ4v) is 6.30.